The van der Waals surface area contributed by atoms with Crippen molar-refractivity contribution in [1.82, 2.24) is 4.57 Å². The van der Waals surface area contributed by atoms with Crippen LogP contribution in [-0.2, 0) is 0 Å². The predicted molar refractivity (Wildman–Crippen MR) is 70.5 cm³/mol. The first-order valence-electron chi connectivity index (χ1n) is 4.45. The van der Waals surface area contributed by atoms with E-state index in [1.807, 2.05) is 24.3 Å². The molecule has 0 spiro atoms. The topological polar surface area (TPSA) is 42.2 Å². The fourth-order valence-corrected chi connectivity index (χ4v) is 1.97. The van der Waals surface area contributed by atoms with Crippen molar-refractivity contribution in [2.45, 2.75) is 0 Å². The first-order valence-corrected chi connectivity index (χ1v) is 5.91. The summed E-state index contributed by atoms with van der Waals surface area (Å²) < 4.78 is 2.65. The molecule has 5 heteroatoms. The summed E-state index contributed by atoms with van der Waals surface area (Å²) in [6.45, 7) is 0. The van der Waals surface area contributed by atoms with Gasteiger partial charge < -0.3 is 9.67 Å². The molecule has 0 bridgehead atoms. The molecule has 2 rings (SSSR count). The molecule has 0 aliphatic heterocycles. The standard InChI is InChI=1S/C11H7ClINO2/c12-7-5-10(11(15)16)14(6-7)9-3-1-8(13)2-4-9/h1-6H,(H,15,16). The molecule has 0 fully saturated rings. The van der Waals surface area contributed by atoms with Crippen LogP contribution < -0.4 is 0 Å². The van der Waals surface area contributed by atoms with Gasteiger partial charge in [0.05, 0.1) is 5.02 Å². The highest BCUT2D eigenvalue weighted by Crippen LogP contribution is 2.20. The second-order valence-corrected chi connectivity index (χ2v) is 4.88. The van der Waals surface area contributed by atoms with E-state index < -0.39 is 5.97 Å². The molecular formula is C11H7ClINO2. The highest BCUT2D eigenvalue weighted by Gasteiger charge is 2.12. The lowest BCUT2D eigenvalue weighted by Gasteiger charge is -2.05. The number of benzene rings is 1. The summed E-state index contributed by atoms with van der Waals surface area (Å²) in [7, 11) is 0. The Morgan fingerprint density at radius 3 is 2.50 bits per heavy atom. The van der Waals surface area contributed by atoms with E-state index in [1.165, 1.54) is 6.07 Å². The van der Waals surface area contributed by atoms with Crippen LogP contribution in [0.25, 0.3) is 5.69 Å². The van der Waals surface area contributed by atoms with E-state index in [0.717, 1.165) is 9.26 Å². The van der Waals surface area contributed by atoms with E-state index in [2.05, 4.69) is 22.6 Å². The van der Waals surface area contributed by atoms with E-state index in [1.54, 1.807) is 10.8 Å². The first kappa shape index (κ1) is 11.5. The average Bonchev–Trinajstić information content (AvgIpc) is 2.61. The third-order valence-corrected chi connectivity index (χ3v) is 3.04. The number of aromatic carboxylic acids is 1. The maximum absolute atomic E-state index is 11.0. The fourth-order valence-electron chi connectivity index (χ4n) is 1.41. The normalized spacial score (nSPS) is 10.4. The summed E-state index contributed by atoms with van der Waals surface area (Å²) in [6.07, 6.45) is 1.59. The van der Waals surface area contributed by atoms with Gasteiger partial charge in [-0.25, -0.2) is 4.79 Å². The van der Waals surface area contributed by atoms with E-state index >= 15 is 0 Å². The van der Waals surface area contributed by atoms with Gasteiger partial charge in [0.1, 0.15) is 5.69 Å². The molecule has 3 nitrogen and oxygen atoms in total. The van der Waals surface area contributed by atoms with Crippen LogP contribution in [-0.4, -0.2) is 15.6 Å². The molecule has 1 aromatic heterocycles. The largest absolute Gasteiger partial charge is 0.477 e. The van der Waals surface area contributed by atoms with Gasteiger partial charge in [0.25, 0.3) is 0 Å². The minimum Gasteiger partial charge on any atom is -0.477 e. The number of aromatic nitrogens is 1. The van der Waals surface area contributed by atoms with Gasteiger partial charge in [-0.05, 0) is 52.9 Å². The minimum absolute atomic E-state index is 0.159. The number of carboxylic acid groups (broad SMARTS) is 1. The first-order chi connectivity index (χ1) is 7.58. The third kappa shape index (κ3) is 2.22. The van der Waals surface area contributed by atoms with Gasteiger partial charge >= 0.3 is 5.97 Å². The summed E-state index contributed by atoms with van der Waals surface area (Å²) in [6, 6.07) is 8.96. The van der Waals surface area contributed by atoms with Crippen molar-refractivity contribution in [3.8, 4) is 5.69 Å². The Kier molecular flexibility index (Phi) is 3.20. The number of rotatable bonds is 2. The van der Waals surface area contributed by atoms with Crippen LogP contribution in [0.5, 0.6) is 0 Å². The molecule has 0 unspecified atom stereocenters. The average molecular weight is 348 g/mol. The quantitative estimate of drug-likeness (QED) is 0.846. The predicted octanol–water partition coefficient (Wildman–Crippen LogP) is 3.43. The molecule has 1 N–H and O–H groups in total. The van der Waals surface area contributed by atoms with Gasteiger partial charge in [0.2, 0.25) is 0 Å². The van der Waals surface area contributed by atoms with Crippen molar-refractivity contribution in [3.63, 3.8) is 0 Å². The van der Waals surface area contributed by atoms with Crippen LogP contribution in [0.1, 0.15) is 10.5 Å². The van der Waals surface area contributed by atoms with Crippen molar-refractivity contribution in [1.29, 1.82) is 0 Å². The summed E-state index contributed by atoms with van der Waals surface area (Å²) in [4.78, 5) is 11.0. The van der Waals surface area contributed by atoms with Gasteiger partial charge in [0.15, 0.2) is 0 Å². The number of carboxylic acids is 1. The molecule has 16 heavy (non-hydrogen) atoms. The summed E-state index contributed by atoms with van der Waals surface area (Å²) in [5.41, 5.74) is 0.941. The lowest BCUT2D eigenvalue weighted by atomic mass is 10.3. The zero-order valence-corrected chi connectivity index (χ0v) is 10.9. The van der Waals surface area contributed by atoms with Crippen molar-refractivity contribution >= 4 is 40.2 Å². The molecule has 1 heterocycles. The minimum atomic E-state index is -0.995. The molecular weight excluding hydrogens is 340 g/mol. The van der Waals surface area contributed by atoms with Crippen LogP contribution in [0.3, 0.4) is 0 Å². The highest BCUT2D eigenvalue weighted by molar-refractivity contribution is 14.1. The molecule has 82 valence electrons. The second-order valence-electron chi connectivity index (χ2n) is 3.20. The Morgan fingerprint density at radius 2 is 1.94 bits per heavy atom. The van der Waals surface area contributed by atoms with Gasteiger partial charge in [-0.3, -0.25) is 0 Å². The van der Waals surface area contributed by atoms with Gasteiger partial charge in [-0.15, -0.1) is 0 Å². The Balaban J connectivity index is 2.55. The van der Waals surface area contributed by atoms with E-state index in [4.69, 9.17) is 16.7 Å². The van der Waals surface area contributed by atoms with Crippen LogP contribution in [0.4, 0.5) is 0 Å². The Labute approximate surface area is 111 Å². The van der Waals surface area contributed by atoms with E-state index in [9.17, 15) is 4.79 Å². The smallest absolute Gasteiger partial charge is 0.352 e. The van der Waals surface area contributed by atoms with Crippen molar-refractivity contribution < 1.29 is 9.90 Å². The molecule has 0 radical (unpaired) electrons. The second kappa shape index (κ2) is 4.47. The number of hydrogen-bond donors (Lipinski definition) is 1. The number of carbonyl (C=O) groups is 1. The Hall–Kier alpha value is -1.01. The molecule has 2 aromatic rings. The van der Waals surface area contributed by atoms with Gasteiger partial charge in [-0.1, -0.05) is 11.6 Å². The molecule has 0 saturated heterocycles. The lowest BCUT2D eigenvalue weighted by Crippen LogP contribution is -2.05. The van der Waals surface area contributed by atoms with Crippen LogP contribution >= 0.6 is 34.2 Å². The Morgan fingerprint density at radius 1 is 1.31 bits per heavy atom. The SMILES string of the molecule is O=C(O)c1cc(Cl)cn1-c1ccc(I)cc1. The zero-order chi connectivity index (χ0) is 11.7. The number of hydrogen-bond acceptors (Lipinski definition) is 1. The fraction of sp³-hybridized carbons (Fsp3) is 0. The zero-order valence-electron chi connectivity index (χ0n) is 8.02. The van der Waals surface area contributed by atoms with Crippen molar-refractivity contribution in [3.05, 3.63) is 50.8 Å². The molecule has 0 atom stereocenters. The number of nitrogens with zero attached hydrogens (tertiary/aromatic N) is 1. The molecule has 0 saturated carbocycles. The summed E-state index contributed by atoms with van der Waals surface area (Å²) >= 11 is 8.00. The van der Waals surface area contributed by atoms with Crippen LogP contribution in [0.2, 0.25) is 5.02 Å². The van der Waals surface area contributed by atoms with E-state index in [-0.39, 0.29) is 5.69 Å². The molecule has 0 aliphatic rings. The molecule has 1 aromatic carbocycles. The highest BCUT2D eigenvalue weighted by atomic mass is 127. The molecule has 0 aliphatic carbocycles. The van der Waals surface area contributed by atoms with Crippen molar-refractivity contribution in [2.75, 3.05) is 0 Å². The van der Waals surface area contributed by atoms with Crippen molar-refractivity contribution in [2.24, 2.45) is 0 Å². The maximum atomic E-state index is 11.0. The molecule has 0 amide bonds. The van der Waals surface area contributed by atoms with Gasteiger partial charge in [-0.2, -0.15) is 0 Å². The Bertz CT molecular complexity index is 533. The third-order valence-electron chi connectivity index (χ3n) is 2.11. The summed E-state index contributed by atoms with van der Waals surface area (Å²) in [5, 5.41) is 9.43. The lowest BCUT2D eigenvalue weighted by molar-refractivity contribution is 0.0688. The summed E-state index contributed by atoms with van der Waals surface area (Å²) in [5.74, 6) is -0.995. The van der Waals surface area contributed by atoms with Gasteiger partial charge in [0, 0.05) is 15.5 Å². The maximum Gasteiger partial charge on any atom is 0.352 e. The van der Waals surface area contributed by atoms with Crippen LogP contribution in [0.15, 0.2) is 36.5 Å². The van der Waals surface area contributed by atoms with Crippen LogP contribution in [0, 0.1) is 3.57 Å². The van der Waals surface area contributed by atoms with E-state index in [0.29, 0.717) is 5.02 Å². The monoisotopic (exact) mass is 347 g/mol. The number of halogens is 2.